The number of hydrogen-bond acceptors (Lipinski definition) is 7. The topological polar surface area (TPSA) is 115 Å². The van der Waals surface area contributed by atoms with Crippen LogP contribution in [0.1, 0.15) is 31.6 Å². The number of amides is 1. The summed E-state index contributed by atoms with van der Waals surface area (Å²) in [6.45, 7) is 2.12. The lowest BCUT2D eigenvalue weighted by Gasteiger charge is -2.29. The second kappa shape index (κ2) is 9.09. The molecule has 2 heterocycles. The Kier molecular flexibility index (Phi) is 6.24. The van der Waals surface area contributed by atoms with Crippen molar-refractivity contribution in [2.75, 3.05) is 25.5 Å². The lowest BCUT2D eigenvalue weighted by molar-refractivity contribution is -0.114. The lowest BCUT2D eigenvalue weighted by atomic mass is 9.98. The van der Waals surface area contributed by atoms with E-state index in [9.17, 15) is 13.2 Å². The van der Waals surface area contributed by atoms with Gasteiger partial charge in [0.2, 0.25) is 27.7 Å². The van der Waals surface area contributed by atoms with Crippen LogP contribution in [0.5, 0.6) is 5.75 Å². The van der Waals surface area contributed by atoms with Crippen molar-refractivity contribution < 1.29 is 22.4 Å². The molecular formula is C22H24N4O5S. The molecule has 0 spiro atoms. The quantitative estimate of drug-likeness (QED) is 0.605. The van der Waals surface area contributed by atoms with Crippen LogP contribution in [0.25, 0.3) is 11.5 Å². The Morgan fingerprint density at radius 2 is 1.84 bits per heavy atom. The second-order valence-electron chi connectivity index (χ2n) is 7.56. The van der Waals surface area contributed by atoms with E-state index in [0.29, 0.717) is 49.1 Å². The number of anilines is 1. The molecule has 0 bridgehead atoms. The monoisotopic (exact) mass is 456 g/mol. The Morgan fingerprint density at radius 3 is 2.50 bits per heavy atom. The van der Waals surface area contributed by atoms with Gasteiger partial charge in [0.1, 0.15) is 5.75 Å². The molecule has 1 N–H and O–H groups in total. The SMILES string of the molecule is COc1cccc(-c2nnc(C3CCN(S(=O)(=O)c4ccc(NC(C)=O)cc4)CC3)o2)c1. The zero-order valence-corrected chi connectivity index (χ0v) is 18.6. The number of ether oxygens (including phenoxy) is 1. The Labute approximate surface area is 186 Å². The van der Waals surface area contributed by atoms with Gasteiger partial charge < -0.3 is 14.5 Å². The van der Waals surface area contributed by atoms with E-state index in [1.54, 1.807) is 19.2 Å². The number of nitrogens with zero attached hydrogens (tertiary/aromatic N) is 3. The Balaban J connectivity index is 1.41. The van der Waals surface area contributed by atoms with Crippen LogP contribution in [0.15, 0.2) is 57.8 Å². The van der Waals surface area contributed by atoms with Crippen molar-refractivity contribution in [2.45, 2.75) is 30.6 Å². The lowest BCUT2D eigenvalue weighted by Crippen LogP contribution is -2.37. The van der Waals surface area contributed by atoms with Crippen LogP contribution in [0, 0.1) is 0 Å². The molecule has 0 unspecified atom stereocenters. The van der Waals surface area contributed by atoms with E-state index in [4.69, 9.17) is 9.15 Å². The summed E-state index contributed by atoms with van der Waals surface area (Å²) in [6, 6.07) is 13.6. The highest BCUT2D eigenvalue weighted by Crippen LogP contribution is 2.32. The van der Waals surface area contributed by atoms with Gasteiger partial charge >= 0.3 is 0 Å². The maximum atomic E-state index is 13.0. The molecule has 2 aromatic carbocycles. The number of methoxy groups -OCH3 is 1. The Bertz CT molecular complexity index is 1200. The largest absolute Gasteiger partial charge is 0.497 e. The first-order valence-electron chi connectivity index (χ1n) is 10.2. The summed E-state index contributed by atoms with van der Waals surface area (Å²) in [5.41, 5.74) is 1.32. The predicted molar refractivity (Wildman–Crippen MR) is 118 cm³/mol. The second-order valence-corrected chi connectivity index (χ2v) is 9.50. The first-order chi connectivity index (χ1) is 15.4. The van der Waals surface area contributed by atoms with Gasteiger partial charge in [-0.1, -0.05) is 6.07 Å². The fourth-order valence-electron chi connectivity index (χ4n) is 3.68. The first-order valence-corrected chi connectivity index (χ1v) is 11.7. The number of benzene rings is 2. The van der Waals surface area contributed by atoms with Gasteiger partial charge in [-0.05, 0) is 55.3 Å². The van der Waals surface area contributed by atoms with E-state index >= 15 is 0 Å². The van der Waals surface area contributed by atoms with E-state index in [0.717, 1.165) is 5.56 Å². The summed E-state index contributed by atoms with van der Waals surface area (Å²) in [5.74, 6) is 1.41. The van der Waals surface area contributed by atoms with Crippen LogP contribution >= 0.6 is 0 Å². The molecule has 1 fully saturated rings. The van der Waals surface area contributed by atoms with Crippen molar-refractivity contribution in [1.82, 2.24) is 14.5 Å². The van der Waals surface area contributed by atoms with E-state index in [2.05, 4.69) is 15.5 Å². The van der Waals surface area contributed by atoms with Crippen LogP contribution in [0.4, 0.5) is 5.69 Å². The van der Waals surface area contributed by atoms with Crippen molar-refractivity contribution in [3.05, 3.63) is 54.4 Å². The smallest absolute Gasteiger partial charge is 0.247 e. The molecule has 3 aromatic rings. The van der Waals surface area contributed by atoms with Gasteiger partial charge in [-0.15, -0.1) is 10.2 Å². The summed E-state index contributed by atoms with van der Waals surface area (Å²) in [4.78, 5) is 11.3. The average Bonchev–Trinajstić information content (AvgIpc) is 3.30. The van der Waals surface area contributed by atoms with Gasteiger partial charge in [-0.2, -0.15) is 4.31 Å². The summed E-state index contributed by atoms with van der Waals surface area (Å²) in [6.07, 6.45) is 1.17. The van der Waals surface area contributed by atoms with E-state index in [1.165, 1.54) is 23.4 Å². The standard InChI is InChI=1S/C22H24N4O5S/c1-15(27)23-18-6-8-20(9-7-18)32(28,29)26-12-10-16(11-13-26)21-24-25-22(31-21)17-4-3-5-19(14-17)30-2/h3-9,14,16H,10-13H2,1-2H3,(H,23,27). The van der Waals surface area contributed by atoms with Crippen LogP contribution < -0.4 is 10.1 Å². The summed E-state index contributed by atoms with van der Waals surface area (Å²) < 4.78 is 38.6. The van der Waals surface area contributed by atoms with Gasteiger partial charge in [-0.3, -0.25) is 4.79 Å². The predicted octanol–water partition coefficient (Wildman–Crippen LogP) is 3.27. The van der Waals surface area contributed by atoms with Crippen molar-refractivity contribution >= 4 is 21.6 Å². The maximum Gasteiger partial charge on any atom is 0.247 e. The summed E-state index contributed by atoms with van der Waals surface area (Å²) >= 11 is 0. The highest BCUT2D eigenvalue weighted by Gasteiger charge is 2.32. The Morgan fingerprint density at radius 1 is 1.12 bits per heavy atom. The third-order valence-corrected chi connectivity index (χ3v) is 7.29. The van der Waals surface area contributed by atoms with Gasteiger partial charge in [0.25, 0.3) is 0 Å². The number of aromatic nitrogens is 2. The van der Waals surface area contributed by atoms with Crippen LogP contribution in [-0.4, -0.2) is 49.0 Å². The molecule has 1 amide bonds. The number of rotatable bonds is 6. The molecule has 1 aliphatic rings. The van der Waals surface area contributed by atoms with Crippen LogP contribution in [0.3, 0.4) is 0 Å². The summed E-state index contributed by atoms with van der Waals surface area (Å²) in [5, 5.41) is 11.0. The van der Waals surface area contributed by atoms with Gasteiger partial charge in [-0.25, -0.2) is 8.42 Å². The number of sulfonamides is 1. The number of nitrogens with one attached hydrogen (secondary N) is 1. The van der Waals surface area contributed by atoms with Gasteiger partial charge in [0, 0.05) is 37.2 Å². The van der Waals surface area contributed by atoms with Gasteiger partial charge in [0.05, 0.1) is 12.0 Å². The number of hydrogen-bond donors (Lipinski definition) is 1. The molecule has 1 aromatic heterocycles. The molecule has 32 heavy (non-hydrogen) atoms. The first kappa shape index (κ1) is 22.0. The molecule has 0 saturated carbocycles. The minimum absolute atomic E-state index is 0.00421. The zero-order valence-electron chi connectivity index (χ0n) is 17.8. The van der Waals surface area contributed by atoms with Crippen LogP contribution in [-0.2, 0) is 14.8 Å². The highest BCUT2D eigenvalue weighted by molar-refractivity contribution is 7.89. The van der Waals surface area contributed by atoms with E-state index in [1.807, 2.05) is 24.3 Å². The van der Waals surface area contributed by atoms with Crippen molar-refractivity contribution in [1.29, 1.82) is 0 Å². The number of carbonyl (C=O) groups excluding carboxylic acids is 1. The molecule has 0 atom stereocenters. The Hall–Kier alpha value is -3.24. The third kappa shape index (κ3) is 4.66. The third-order valence-electron chi connectivity index (χ3n) is 5.37. The van der Waals surface area contributed by atoms with E-state index < -0.39 is 10.0 Å². The normalized spacial score (nSPS) is 15.4. The van der Waals surface area contributed by atoms with E-state index in [-0.39, 0.29) is 16.7 Å². The van der Waals surface area contributed by atoms with Gasteiger partial charge in [0.15, 0.2) is 0 Å². The highest BCUT2D eigenvalue weighted by atomic mass is 32.2. The molecular weight excluding hydrogens is 432 g/mol. The molecule has 9 nitrogen and oxygen atoms in total. The summed E-state index contributed by atoms with van der Waals surface area (Å²) in [7, 11) is -2.02. The molecule has 0 aliphatic carbocycles. The molecule has 0 radical (unpaired) electrons. The fraction of sp³-hybridized carbons (Fsp3) is 0.318. The van der Waals surface area contributed by atoms with Crippen LogP contribution in [0.2, 0.25) is 0 Å². The zero-order chi connectivity index (χ0) is 22.7. The van der Waals surface area contributed by atoms with Crippen molar-refractivity contribution in [3.8, 4) is 17.2 Å². The molecule has 4 rings (SSSR count). The maximum absolute atomic E-state index is 13.0. The fourth-order valence-corrected chi connectivity index (χ4v) is 5.15. The molecule has 10 heteroatoms. The number of piperidine rings is 1. The minimum Gasteiger partial charge on any atom is -0.497 e. The minimum atomic E-state index is -3.62. The molecule has 1 aliphatic heterocycles. The van der Waals surface area contributed by atoms with Crippen molar-refractivity contribution in [3.63, 3.8) is 0 Å². The average molecular weight is 457 g/mol. The van der Waals surface area contributed by atoms with Crippen molar-refractivity contribution in [2.24, 2.45) is 0 Å². The molecule has 1 saturated heterocycles. The number of carbonyl (C=O) groups is 1. The molecule has 168 valence electrons.